The molecule has 0 fully saturated rings. The van der Waals surface area contributed by atoms with Crippen LogP contribution < -0.4 is 0 Å². The Morgan fingerprint density at radius 2 is 1.81 bits per heavy atom. The first kappa shape index (κ1) is 15.3. The van der Waals surface area contributed by atoms with Gasteiger partial charge in [0.25, 0.3) is 0 Å². The van der Waals surface area contributed by atoms with Gasteiger partial charge < -0.3 is 4.84 Å². The van der Waals surface area contributed by atoms with Gasteiger partial charge in [-0.1, -0.05) is 30.3 Å². The first-order chi connectivity index (χ1) is 9.79. The molecule has 0 N–H and O–H groups in total. The van der Waals surface area contributed by atoms with Crippen LogP contribution in [0.2, 0.25) is 0 Å². The average Bonchev–Trinajstić information content (AvgIpc) is 2.57. The molecular weight excluding hydrogens is 264 g/mol. The summed E-state index contributed by atoms with van der Waals surface area (Å²) >= 11 is 0. The van der Waals surface area contributed by atoms with Crippen molar-refractivity contribution in [3.63, 3.8) is 0 Å². The van der Waals surface area contributed by atoms with Gasteiger partial charge >= 0.3 is 0 Å². The molecule has 0 aromatic heterocycles. The topological polar surface area (TPSA) is 41.9 Å². The van der Waals surface area contributed by atoms with E-state index in [-0.39, 0.29) is 11.1 Å². The van der Waals surface area contributed by atoms with Crippen molar-refractivity contribution in [2.75, 3.05) is 0 Å². The van der Waals surface area contributed by atoms with Crippen molar-refractivity contribution in [1.82, 2.24) is 5.06 Å². The Labute approximate surface area is 126 Å². The van der Waals surface area contributed by atoms with Gasteiger partial charge in [0.1, 0.15) is 12.1 Å². The van der Waals surface area contributed by atoms with Crippen LogP contribution in [-0.4, -0.2) is 28.3 Å². The SMILES string of the molecule is CC1=NC(C)(C)C(C)(C)N1O/C(=C\C=O)c1ccccc1. The van der Waals surface area contributed by atoms with Crippen molar-refractivity contribution in [1.29, 1.82) is 0 Å². The zero-order valence-electron chi connectivity index (χ0n) is 13.3. The summed E-state index contributed by atoms with van der Waals surface area (Å²) in [4.78, 5) is 21.6. The lowest BCUT2D eigenvalue weighted by atomic mass is 9.84. The lowest BCUT2D eigenvalue weighted by molar-refractivity contribution is -0.106. The molecule has 4 heteroatoms. The molecule has 0 unspecified atom stereocenters. The van der Waals surface area contributed by atoms with E-state index in [1.807, 2.05) is 37.3 Å². The maximum absolute atomic E-state index is 10.9. The number of carbonyl (C=O) groups is 1. The first-order valence-corrected chi connectivity index (χ1v) is 7.05. The highest BCUT2D eigenvalue weighted by Crippen LogP contribution is 2.39. The minimum atomic E-state index is -0.312. The fraction of sp³-hybridized carbons (Fsp3) is 0.412. The molecule has 0 radical (unpaired) electrons. The summed E-state index contributed by atoms with van der Waals surface area (Å²) < 4.78 is 0. The maximum atomic E-state index is 10.9. The van der Waals surface area contributed by atoms with Gasteiger partial charge in [0.15, 0.2) is 5.76 Å². The number of aldehydes is 1. The Morgan fingerprint density at radius 1 is 1.19 bits per heavy atom. The highest BCUT2D eigenvalue weighted by atomic mass is 16.7. The predicted molar refractivity (Wildman–Crippen MR) is 84.7 cm³/mol. The second-order valence-corrected chi connectivity index (χ2v) is 6.20. The molecule has 0 aliphatic carbocycles. The fourth-order valence-electron chi connectivity index (χ4n) is 2.36. The quantitative estimate of drug-likeness (QED) is 0.483. The Kier molecular flexibility index (Phi) is 3.90. The monoisotopic (exact) mass is 286 g/mol. The van der Waals surface area contributed by atoms with E-state index >= 15 is 0 Å². The molecule has 0 saturated heterocycles. The summed E-state index contributed by atoms with van der Waals surface area (Å²) in [5.74, 6) is 1.32. The molecule has 1 aromatic rings. The van der Waals surface area contributed by atoms with Crippen molar-refractivity contribution in [2.45, 2.75) is 45.7 Å². The molecule has 112 valence electrons. The van der Waals surface area contributed by atoms with Crippen LogP contribution in [0.4, 0.5) is 0 Å². The molecule has 0 atom stereocenters. The van der Waals surface area contributed by atoms with E-state index < -0.39 is 0 Å². The Hall–Kier alpha value is -2.10. The summed E-state index contributed by atoms with van der Waals surface area (Å²) in [6.07, 6.45) is 2.17. The molecule has 21 heavy (non-hydrogen) atoms. The third-order valence-electron chi connectivity index (χ3n) is 4.21. The largest absolute Gasteiger partial charge is 0.377 e. The fourth-order valence-corrected chi connectivity index (χ4v) is 2.36. The van der Waals surface area contributed by atoms with E-state index in [0.29, 0.717) is 5.76 Å². The second-order valence-electron chi connectivity index (χ2n) is 6.20. The van der Waals surface area contributed by atoms with Crippen LogP contribution in [0.1, 0.15) is 40.2 Å². The van der Waals surface area contributed by atoms with Gasteiger partial charge in [-0.3, -0.25) is 9.79 Å². The molecule has 0 amide bonds. The van der Waals surface area contributed by atoms with Gasteiger partial charge in [-0.05, 0) is 34.6 Å². The van der Waals surface area contributed by atoms with E-state index in [2.05, 4.69) is 32.7 Å². The summed E-state index contributed by atoms with van der Waals surface area (Å²) in [6, 6.07) is 9.58. The van der Waals surface area contributed by atoms with E-state index in [0.717, 1.165) is 17.7 Å². The third-order valence-corrected chi connectivity index (χ3v) is 4.21. The maximum Gasteiger partial charge on any atom is 0.165 e. The molecule has 0 bridgehead atoms. The van der Waals surface area contributed by atoms with E-state index in [4.69, 9.17) is 4.84 Å². The third kappa shape index (κ3) is 2.71. The van der Waals surface area contributed by atoms with Gasteiger partial charge in [-0.15, -0.1) is 0 Å². The average molecular weight is 286 g/mol. The molecule has 1 aromatic carbocycles. The van der Waals surface area contributed by atoms with Crippen molar-refractivity contribution < 1.29 is 9.63 Å². The number of amidine groups is 1. The van der Waals surface area contributed by atoms with Crippen LogP contribution >= 0.6 is 0 Å². The number of hydrogen-bond donors (Lipinski definition) is 0. The van der Waals surface area contributed by atoms with Crippen molar-refractivity contribution in [3.8, 4) is 0 Å². The second kappa shape index (κ2) is 5.35. The zero-order valence-corrected chi connectivity index (χ0v) is 13.3. The number of carbonyl (C=O) groups excluding carboxylic acids is 1. The van der Waals surface area contributed by atoms with Crippen molar-refractivity contribution in [3.05, 3.63) is 42.0 Å². The van der Waals surface area contributed by atoms with Crippen LogP contribution in [-0.2, 0) is 9.63 Å². The number of nitrogens with zero attached hydrogens (tertiary/aromatic N) is 2. The van der Waals surface area contributed by atoms with E-state index in [1.165, 1.54) is 6.08 Å². The minimum Gasteiger partial charge on any atom is -0.377 e. The highest BCUT2D eigenvalue weighted by molar-refractivity contribution is 5.84. The van der Waals surface area contributed by atoms with Crippen LogP contribution in [0.5, 0.6) is 0 Å². The van der Waals surface area contributed by atoms with Crippen LogP contribution in [0.25, 0.3) is 5.76 Å². The lowest BCUT2D eigenvalue weighted by Crippen LogP contribution is -2.52. The van der Waals surface area contributed by atoms with Gasteiger partial charge in [-0.25, -0.2) is 0 Å². The standard InChI is InChI=1S/C17H22N2O2/c1-13-18-16(2,3)17(4,5)19(13)21-15(11-12-20)14-9-7-6-8-10-14/h6-12H,1-5H3/b15-11-. The number of rotatable bonds is 4. The van der Waals surface area contributed by atoms with Crippen LogP contribution in [0, 0.1) is 0 Å². The zero-order chi connectivity index (χ0) is 15.7. The minimum absolute atomic E-state index is 0.264. The van der Waals surface area contributed by atoms with E-state index in [9.17, 15) is 4.79 Å². The molecule has 2 rings (SSSR count). The van der Waals surface area contributed by atoms with Gasteiger partial charge in [-0.2, -0.15) is 5.06 Å². The van der Waals surface area contributed by atoms with Crippen molar-refractivity contribution in [2.24, 2.45) is 4.99 Å². The number of benzene rings is 1. The number of hydroxylamine groups is 2. The summed E-state index contributed by atoms with van der Waals surface area (Å²) in [5.41, 5.74) is 0.284. The highest BCUT2D eigenvalue weighted by Gasteiger charge is 2.49. The molecular formula is C17H22N2O2. The van der Waals surface area contributed by atoms with Crippen molar-refractivity contribution >= 4 is 17.9 Å². The van der Waals surface area contributed by atoms with Gasteiger partial charge in [0.2, 0.25) is 0 Å². The normalized spacial score (nSPS) is 20.1. The van der Waals surface area contributed by atoms with Crippen LogP contribution in [0.3, 0.4) is 0 Å². The smallest absolute Gasteiger partial charge is 0.165 e. The van der Waals surface area contributed by atoms with Gasteiger partial charge in [0.05, 0.1) is 11.1 Å². The molecule has 1 aliphatic heterocycles. The van der Waals surface area contributed by atoms with Gasteiger partial charge in [0, 0.05) is 11.6 Å². The number of hydrogen-bond acceptors (Lipinski definition) is 4. The summed E-state index contributed by atoms with van der Waals surface area (Å²) in [7, 11) is 0. The molecule has 1 aliphatic rings. The Balaban J connectivity index is 2.33. The number of allylic oxidation sites excluding steroid dienone is 1. The first-order valence-electron chi connectivity index (χ1n) is 7.05. The predicted octanol–water partition coefficient (Wildman–Crippen LogP) is 3.45. The van der Waals surface area contributed by atoms with E-state index in [1.54, 1.807) is 5.06 Å². The molecule has 1 heterocycles. The molecule has 0 saturated carbocycles. The molecule has 0 spiro atoms. The molecule has 4 nitrogen and oxygen atoms in total. The Morgan fingerprint density at radius 3 is 2.29 bits per heavy atom. The van der Waals surface area contributed by atoms with Crippen LogP contribution in [0.15, 0.2) is 41.4 Å². The summed E-state index contributed by atoms with van der Waals surface area (Å²) in [6.45, 7) is 10.2. The summed E-state index contributed by atoms with van der Waals surface area (Å²) in [5, 5.41) is 1.79. The lowest BCUT2D eigenvalue weighted by Gasteiger charge is -2.39. The Bertz CT molecular complexity index is 586. The number of aliphatic imine (C=N–C) groups is 1.